The van der Waals surface area contributed by atoms with Crippen LogP contribution in [0.4, 0.5) is 0 Å². The Labute approximate surface area is 61.7 Å². The van der Waals surface area contributed by atoms with E-state index in [2.05, 4.69) is 4.99 Å². The molecule has 0 spiro atoms. The molecule has 0 aromatic rings. The fourth-order valence-corrected chi connectivity index (χ4v) is 1.93. The standard InChI is InChI=1S/C5H6N2OS.2H2/c8-4-3-9-5-6-1-2-7(4)5;;/h1-3H2;2*1H/i;1+1D;1+1. The molecule has 0 radical (unpaired) electrons. The Kier molecular flexibility index (Phi) is 0.834. The van der Waals surface area contributed by atoms with E-state index in [0.717, 1.165) is 18.3 Å². The molecule has 0 bridgehead atoms. The summed E-state index contributed by atoms with van der Waals surface area (Å²) in [6.07, 6.45) is 0. The van der Waals surface area contributed by atoms with Crippen molar-refractivity contribution in [2.75, 3.05) is 18.8 Å². The SMILES string of the molecule is O=C1CSC2=NCCN12.[2HH].[2H][2H]. The van der Waals surface area contributed by atoms with E-state index in [1.165, 1.54) is 0 Å². The van der Waals surface area contributed by atoms with E-state index in [4.69, 9.17) is 2.97 Å². The van der Waals surface area contributed by atoms with Crippen LogP contribution in [0.25, 0.3) is 0 Å². The molecular weight excluding hydrogens is 136 g/mol. The molecule has 2 heterocycles. The lowest BCUT2D eigenvalue weighted by molar-refractivity contribution is -0.123. The molecule has 52 valence electrons. The van der Waals surface area contributed by atoms with Crippen LogP contribution < -0.4 is 0 Å². The minimum Gasteiger partial charge on any atom is -0.289 e. The van der Waals surface area contributed by atoms with Crippen molar-refractivity contribution in [1.82, 2.24) is 4.90 Å². The first-order valence-electron chi connectivity index (χ1n) is 3.85. The van der Waals surface area contributed by atoms with Gasteiger partial charge in [0.15, 0.2) is 5.17 Å². The second kappa shape index (κ2) is 1.73. The smallest absolute Gasteiger partial charge is 0.239 e. The third kappa shape index (κ3) is 0.660. The quantitative estimate of drug-likeness (QED) is 0.500. The van der Waals surface area contributed by atoms with Gasteiger partial charge in [-0.05, 0) is 0 Å². The minimum absolute atomic E-state index is 0. The van der Waals surface area contributed by atoms with Crippen molar-refractivity contribution in [2.24, 2.45) is 4.99 Å². The molecular formula is C5H10N2OS. The lowest BCUT2D eigenvalue weighted by Crippen LogP contribution is -2.26. The molecule has 2 aliphatic rings. The number of nitrogens with zero attached hydrogens (tertiary/aromatic N) is 2. The summed E-state index contributed by atoms with van der Waals surface area (Å²) in [5.74, 6) is 0.815. The molecule has 1 saturated heterocycles. The maximum absolute atomic E-state index is 10.9. The number of rotatable bonds is 0. The van der Waals surface area contributed by atoms with Crippen LogP contribution in [0.2, 0.25) is 0 Å². The molecule has 0 atom stereocenters. The third-order valence-corrected chi connectivity index (χ3v) is 2.43. The van der Waals surface area contributed by atoms with Gasteiger partial charge in [0.05, 0.1) is 12.3 Å². The van der Waals surface area contributed by atoms with E-state index in [1.54, 1.807) is 16.7 Å². The predicted octanol–water partition coefficient (Wildman–Crippen LogP) is 0.423. The zero-order valence-electron chi connectivity index (χ0n) is 6.83. The predicted molar refractivity (Wildman–Crippen MR) is 40.7 cm³/mol. The summed E-state index contributed by atoms with van der Waals surface area (Å²) < 4.78 is 10.0. The van der Waals surface area contributed by atoms with Crippen LogP contribution in [0.1, 0.15) is 4.40 Å². The Morgan fingerprint density at radius 2 is 2.78 bits per heavy atom. The van der Waals surface area contributed by atoms with Gasteiger partial charge in [0.2, 0.25) is 5.91 Å². The molecule has 1 fully saturated rings. The number of carbonyl (C=O) groups excluding carboxylic acids is 1. The second-order valence-corrected chi connectivity index (χ2v) is 2.94. The molecule has 1 amide bonds. The molecule has 3 nitrogen and oxygen atoms in total. The molecule has 2 rings (SSSR count). The molecule has 0 unspecified atom stereocenters. The highest BCUT2D eigenvalue weighted by atomic mass is 32.2. The van der Waals surface area contributed by atoms with Crippen LogP contribution in [-0.4, -0.2) is 34.8 Å². The number of amidine groups is 1. The van der Waals surface area contributed by atoms with Crippen LogP contribution in [0, 0.1) is 0 Å². The average Bonchev–Trinajstić information content (AvgIpc) is 2.60. The number of hydrogen-bond acceptors (Lipinski definition) is 3. The zero-order valence-corrected chi connectivity index (χ0v) is 5.65. The van der Waals surface area contributed by atoms with Crippen molar-refractivity contribution in [3.8, 4) is 0 Å². The molecule has 4 heteroatoms. The summed E-state index contributed by atoms with van der Waals surface area (Å²) in [4.78, 5) is 16.8. The van der Waals surface area contributed by atoms with Crippen molar-refractivity contribution in [3.05, 3.63) is 0 Å². The molecule has 9 heavy (non-hydrogen) atoms. The van der Waals surface area contributed by atoms with Crippen molar-refractivity contribution < 1.29 is 9.19 Å². The number of thioether (sulfide) groups is 1. The van der Waals surface area contributed by atoms with Gasteiger partial charge in [0, 0.05) is 10.9 Å². The largest absolute Gasteiger partial charge is 0.289 e. The minimum atomic E-state index is 0. The molecule has 2 aliphatic heterocycles. The normalized spacial score (nSPS) is 25.6. The van der Waals surface area contributed by atoms with Crippen molar-refractivity contribution in [3.63, 3.8) is 0 Å². The number of carbonyl (C=O) groups is 1. The number of hydrogen-bond donors (Lipinski definition) is 0. The Morgan fingerprint density at radius 1 is 1.89 bits per heavy atom. The molecule has 0 N–H and O–H groups in total. The highest BCUT2D eigenvalue weighted by molar-refractivity contribution is 8.15. The number of fused-ring (bicyclic) bond motifs is 1. The summed E-state index contributed by atoms with van der Waals surface area (Å²) in [5, 5.41) is 0.931. The van der Waals surface area contributed by atoms with E-state index in [9.17, 15) is 4.79 Å². The van der Waals surface area contributed by atoms with Crippen LogP contribution in [-0.2, 0) is 4.79 Å². The maximum atomic E-state index is 10.9. The van der Waals surface area contributed by atoms with Gasteiger partial charge in [0.25, 0.3) is 0 Å². The lowest BCUT2D eigenvalue weighted by atomic mass is 10.5. The van der Waals surface area contributed by atoms with Crippen LogP contribution in [0.3, 0.4) is 0 Å². The summed E-state index contributed by atoms with van der Waals surface area (Å²) in [6, 6.07) is 0. The molecule has 0 aliphatic carbocycles. The summed E-state index contributed by atoms with van der Waals surface area (Å²) in [6.45, 7) is 1.61. The van der Waals surface area contributed by atoms with E-state index in [1.807, 2.05) is 0 Å². The van der Waals surface area contributed by atoms with E-state index < -0.39 is 0 Å². The number of amides is 1. The van der Waals surface area contributed by atoms with Gasteiger partial charge in [-0.25, -0.2) is 0 Å². The topological polar surface area (TPSA) is 32.7 Å². The van der Waals surface area contributed by atoms with Gasteiger partial charge >= 0.3 is 0 Å². The van der Waals surface area contributed by atoms with Gasteiger partial charge in [-0.15, -0.1) is 0 Å². The van der Waals surface area contributed by atoms with E-state index in [-0.39, 0.29) is 7.33 Å². The molecule has 0 aromatic heterocycles. The van der Waals surface area contributed by atoms with Crippen molar-refractivity contribution >= 4 is 22.8 Å². The monoisotopic (exact) mass is 149 g/mol. The molecule has 0 aromatic carbocycles. The highest BCUT2D eigenvalue weighted by Crippen LogP contribution is 2.21. The van der Waals surface area contributed by atoms with Gasteiger partial charge in [-0.2, -0.15) is 0 Å². The first-order chi connectivity index (χ1) is 5.38. The van der Waals surface area contributed by atoms with Crippen molar-refractivity contribution in [1.29, 1.82) is 0 Å². The van der Waals surface area contributed by atoms with Crippen LogP contribution in [0.5, 0.6) is 0 Å². The molecule has 0 saturated carbocycles. The summed E-state index contributed by atoms with van der Waals surface area (Å²) in [5.41, 5.74) is 0. The zero-order chi connectivity index (χ0) is 8.27. The summed E-state index contributed by atoms with van der Waals surface area (Å²) >= 11 is 1.55. The van der Waals surface area contributed by atoms with Crippen LogP contribution >= 0.6 is 11.8 Å². The Bertz CT molecular complexity index is 199. The number of aliphatic imine (C=N–C) groups is 1. The fraction of sp³-hybridized carbons (Fsp3) is 0.600. The van der Waals surface area contributed by atoms with E-state index >= 15 is 0 Å². The van der Waals surface area contributed by atoms with Gasteiger partial charge in [0.1, 0.15) is 0 Å². The Morgan fingerprint density at radius 3 is 3.56 bits per heavy atom. The van der Waals surface area contributed by atoms with Gasteiger partial charge in [-0.1, -0.05) is 11.8 Å². The first-order valence-corrected chi connectivity index (χ1v) is 3.84. The maximum Gasteiger partial charge on any atom is 0.239 e. The highest BCUT2D eigenvalue weighted by Gasteiger charge is 2.30. The third-order valence-electron chi connectivity index (χ3n) is 1.43. The second-order valence-electron chi connectivity index (χ2n) is 2.00. The summed E-state index contributed by atoms with van der Waals surface area (Å²) in [7, 11) is 0. The first kappa shape index (κ1) is 4.33. The van der Waals surface area contributed by atoms with E-state index in [0.29, 0.717) is 5.75 Å². The van der Waals surface area contributed by atoms with Crippen molar-refractivity contribution in [2.45, 2.75) is 0 Å². The van der Waals surface area contributed by atoms with Crippen LogP contribution in [0.15, 0.2) is 4.99 Å². The Balaban J connectivity index is 0.000000378. The lowest BCUT2D eigenvalue weighted by Gasteiger charge is -2.04. The Hall–Kier alpha value is -0.510. The van der Waals surface area contributed by atoms with Gasteiger partial charge < -0.3 is 0 Å². The fourth-order valence-electron chi connectivity index (χ4n) is 0.986. The van der Waals surface area contributed by atoms with Gasteiger partial charge in [-0.3, -0.25) is 14.7 Å². The average molecular weight is 149 g/mol.